The quantitative estimate of drug-likeness (QED) is 0.370. The highest BCUT2D eigenvalue weighted by Crippen LogP contribution is 2.36. The number of carbonyl (C=O) groups excluding carboxylic acids is 3. The van der Waals surface area contributed by atoms with Gasteiger partial charge in [0.05, 0.1) is 41.8 Å². The van der Waals surface area contributed by atoms with Crippen molar-refractivity contribution in [1.82, 2.24) is 10.6 Å². The van der Waals surface area contributed by atoms with Crippen LogP contribution in [-0.2, 0) is 21.8 Å². The van der Waals surface area contributed by atoms with Gasteiger partial charge in [-0.3, -0.25) is 9.59 Å². The normalized spacial score (nSPS) is 14.2. The van der Waals surface area contributed by atoms with Crippen LogP contribution in [0.3, 0.4) is 0 Å². The summed E-state index contributed by atoms with van der Waals surface area (Å²) in [5.74, 6) is -3.66. The van der Waals surface area contributed by atoms with Crippen molar-refractivity contribution in [2.75, 3.05) is 13.7 Å². The summed E-state index contributed by atoms with van der Waals surface area (Å²) in [6.45, 7) is 2.72. The topological polar surface area (TPSA) is 103 Å². The average molecular weight is 560 g/mol. The summed E-state index contributed by atoms with van der Waals surface area (Å²) in [5, 5.41) is 4.40. The number of benzene rings is 2. The molecule has 1 heterocycles. The van der Waals surface area contributed by atoms with E-state index >= 15 is 0 Å². The number of carbonyl (C=O) groups is 3. The zero-order chi connectivity index (χ0) is 29.1. The molecule has 2 aromatic rings. The van der Waals surface area contributed by atoms with Gasteiger partial charge in [0.2, 0.25) is 5.91 Å². The predicted octanol–water partition coefficient (Wildman–Crippen LogP) is 4.27. The van der Waals surface area contributed by atoms with Crippen molar-refractivity contribution in [1.29, 1.82) is 0 Å². The molecule has 0 saturated heterocycles. The number of hydrogen-bond donors (Lipinski definition) is 2. The molecule has 8 nitrogen and oxygen atoms in total. The molecule has 210 valence electrons. The highest BCUT2D eigenvalue weighted by atomic mass is 19.4. The number of fused-ring (bicyclic) bond motifs is 1. The second kappa shape index (κ2) is 11.5. The molecular formula is C24H23BF6N2O6. The molecule has 0 saturated carbocycles. The van der Waals surface area contributed by atoms with E-state index in [1.54, 1.807) is 13.8 Å². The van der Waals surface area contributed by atoms with Crippen LogP contribution < -0.4 is 20.0 Å². The third-order valence-corrected chi connectivity index (χ3v) is 5.58. The lowest BCUT2D eigenvalue weighted by atomic mass is 9.72. The fraction of sp³-hybridized carbons (Fsp3) is 0.375. The third kappa shape index (κ3) is 7.36. The predicted molar refractivity (Wildman–Crippen MR) is 125 cm³/mol. The molecule has 0 spiro atoms. The van der Waals surface area contributed by atoms with Gasteiger partial charge in [0.25, 0.3) is 5.91 Å². The van der Waals surface area contributed by atoms with Gasteiger partial charge in [0, 0.05) is 6.07 Å². The van der Waals surface area contributed by atoms with E-state index in [1.807, 2.05) is 5.32 Å². The number of hydrogen-bond acceptors (Lipinski definition) is 6. The molecule has 39 heavy (non-hydrogen) atoms. The molecule has 2 amide bonds. The van der Waals surface area contributed by atoms with E-state index in [0.29, 0.717) is 5.75 Å². The number of alkyl halides is 6. The molecule has 0 aliphatic carbocycles. The summed E-state index contributed by atoms with van der Waals surface area (Å²) >= 11 is 0. The van der Waals surface area contributed by atoms with Crippen LogP contribution in [0, 0.1) is 5.92 Å². The van der Waals surface area contributed by atoms with Crippen molar-refractivity contribution < 1.29 is 54.8 Å². The summed E-state index contributed by atoms with van der Waals surface area (Å²) < 4.78 is 95.2. The number of amides is 2. The second-order valence-corrected chi connectivity index (χ2v) is 9.00. The number of halogens is 6. The lowest BCUT2D eigenvalue weighted by molar-refractivity contribution is -0.141. The van der Waals surface area contributed by atoms with E-state index in [9.17, 15) is 40.7 Å². The Hall–Kier alpha value is -3.91. The van der Waals surface area contributed by atoms with E-state index in [0.717, 1.165) is 0 Å². The minimum Gasteiger partial charge on any atom is -0.524 e. The summed E-state index contributed by atoms with van der Waals surface area (Å²) in [6.07, 6.45) is -9.90. The Kier molecular flexibility index (Phi) is 8.71. The Balaban J connectivity index is 1.75. The Morgan fingerprint density at radius 2 is 1.69 bits per heavy atom. The number of nitrogens with one attached hydrogen (secondary N) is 2. The maximum atomic E-state index is 13.3. The van der Waals surface area contributed by atoms with Gasteiger partial charge in [-0.05, 0) is 42.7 Å². The van der Waals surface area contributed by atoms with Crippen LogP contribution in [0.15, 0.2) is 36.4 Å². The summed E-state index contributed by atoms with van der Waals surface area (Å²) in [4.78, 5) is 37.5. The first-order valence-electron chi connectivity index (χ1n) is 11.5. The highest BCUT2D eigenvalue weighted by Gasteiger charge is 2.43. The average Bonchev–Trinajstić information content (AvgIpc) is 2.84. The minimum absolute atomic E-state index is 0.0571. The fourth-order valence-corrected chi connectivity index (χ4v) is 3.79. The van der Waals surface area contributed by atoms with Gasteiger partial charge in [0.1, 0.15) is 11.5 Å². The SMILES string of the molecule is COc1ccc2c(c1)OB([C@H](CC(C)C)NC(=O)CNC(=O)c1cc(C(F)(F)F)ccc1C(F)(F)F)OC2=O. The molecule has 2 aromatic carbocycles. The minimum atomic E-state index is -5.12. The van der Waals surface area contributed by atoms with Gasteiger partial charge in [0.15, 0.2) is 0 Å². The van der Waals surface area contributed by atoms with E-state index in [-0.39, 0.29) is 41.9 Å². The number of ether oxygens (including phenoxy) is 1. The van der Waals surface area contributed by atoms with Crippen molar-refractivity contribution in [3.63, 3.8) is 0 Å². The van der Waals surface area contributed by atoms with E-state index in [2.05, 4.69) is 5.32 Å². The van der Waals surface area contributed by atoms with Crippen molar-refractivity contribution in [2.24, 2.45) is 5.92 Å². The molecule has 15 heteroatoms. The monoisotopic (exact) mass is 560 g/mol. The molecule has 1 aliphatic heterocycles. The molecule has 1 aliphatic rings. The Morgan fingerprint density at radius 3 is 2.28 bits per heavy atom. The van der Waals surface area contributed by atoms with Gasteiger partial charge >= 0.3 is 25.4 Å². The first-order chi connectivity index (χ1) is 18.1. The smallest absolute Gasteiger partial charge is 0.524 e. The molecule has 3 rings (SSSR count). The van der Waals surface area contributed by atoms with Crippen LogP contribution in [-0.4, -0.2) is 44.5 Å². The van der Waals surface area contributed by atoms with Crippen molar-refractivity contribution >= 4 is 24.9 Å². The maximum absolute atomic E-state index is 13.3. The number of methoxy groups -OCH3 is 1. The molecule has 0 radical (unpaired) electrons. The number of rotatable bonds is 8. The molecule has 1 atom stereocenters. The van der Waals surface area contributed by atoms with Crippen molar-refractivity contribution in [2.45, 2.75) is 38.6 Å². The standard InChI is InChI=1S/C24H23BF6N2O6/c1-12(2)8-19(25-38-18-10-14(37-3)5-6-15(18)22(36)39-25)33-20(34)11-32-21(35)16-9-13(23(26,27)28)4-7-17(16)24(29,30)31/h4-7,9-10,12,19H,8,11H2,1-3H3,(H,32,35)(H,33,34)/t19-/m0/s1. The molecule has 0 aromatic heterocycles. The van der Waals surface area contributed by atoms with E-state index < -0.39 is 66.4 Å². The van der Waals surface area contributed by atoms with Gasteiger partial charge in [-0.1, -0.05) is 13.8 Å². The summed E-state index contributed by atoms with van der Waals surface area (Å²) in [6, 6.07) is 4.83. The van der Waals surface area contributed by atoms with Gasteiger partial charge < -0.3 is 24.7 Å². The summed E-state index contributed by atoms with van der Waals surface area (Å²) in [7, 11) is 0.118. The van der Waals surface area contributed by atoms with Gasteiger partial charge in [-0.15, -0.1) is 0 Å². The second-order valence-electron chi connectivity index (χ2n) is 9.00. The largest absolute Gasteiger partial charge is 0.620 e. The third-order valence-electron chi connectivity index (χ3n) is 5.58. The van der Waals surface area contributed by atoms with E-state index in [4.69, 9.17) is 14.0 Å². The molecular weight excluding hydrogens is 537 g/mol. The van der Waals surface area contributed by atoms with E-state index in [1.165, 1.54) is 25.3 Å². The Morgan fingerprint density at radius 1 is 1.00 bits per heavy atom. The molecule has 0 fully saturated rings. The van der Waals surface area contributed by atoms with Gasteiger partial charge in [-0.25, -0.2) is 4.79 Å². The Bertz CT molecular complexity index is 1250. The molecule has 2 N–H and O–H groups in total. The van der Waals surface area contributed by atoms with Crippen LogP contribution in [0.1, 0.15) is 52.1 Å². The zero-order valence-electron chi connectivity index (χ0n) is 20.8. The first kappa shape index (κ1) is 29.6. The van der Waals surface area contributed by atoms with Crippen molar-refractivity contribution in [3.05, 3.63) is 58.7 Å². The highest BCUT2D eigenvalue weighted by molar-refractivity contribution is 6.51. The summed E-state index contributed by atoms with van der Waals surface area (Å²) in [5.41, 5.74) is -4.23. The lowest BCUT2D eigenvalue weighted by Crippen LogP contribution is -2.55. The fourth-order valence-electron chi connectivity index (χ4n) is 3.79. The Labute approximate surface area is 219 Å². The lowest BCUT2D eigenvalue weighted by Gasteiger charge is -2.29. The molecule has 0 bridgehead atoms. The zero-order valence-corrected chi connectivity index (χ0v) is 20.8. The van der Waals surface area contributed by atoms with Crippen LogP contribution in [0.2, 0.25) is 0 Å². The van der Waals surface area contributed by atoms with Crippen molar-refractivity contribution in [3.8, 4) is 11.5 Å². The molecule has 0 unspecified atom stereocenters. The van der Waals surface area contributed by atoms with Crippen LogP contribution in [0.5, 0.6) is 11.5 Å². The van der Waals surface area contributed by atoms with Crippen LogP contribution >= 0.6 is 0 Å². The first-order valence-corrected chi connectivity index (χ1v) is 11.5. The van der Waals surface area contributed by atoms with Crippen LogP contribution in [0.4, 0.5) is 26.3 Å². The van der Waals surface area contributed by atoms with Gasteiger partial charge in [-0.2, -0.15) is 26.3 Å². The maximum Gasteiger partial charge on any atom is 0.620 e. The van der Waals surface area contributed by atoms with Crippen LogP contribution in [0.25, 0.3) is 0 Å².